The Hall–Kier alpha value is -1.29. The first kappa shape index (κ1) is 14.1. The van der Waals surface area contributed by atoms with Gasteiger partial charge in [0, 0.05) is 16.3 Å². The van der Waals surface area contributed by atoms with E-state index in [0.717, 1.165) is 0 Å². The van der Waals surface area contributed by atoms with Crippen LogP contribution in [0, 0.1) is 0 Å². The summed E-state index contributed by atoms with van der Waals surface area (Å²) in [7, 11) is 1.85. The van der Waals surface area contributed by atoms with Crippen LogP contribution in [-0.4, -0.2) is 24.8 Å². The molecule has 0 aliphatic rings. The average Bonchev–Trinajstić information content (AvgIpc) is 2.42. The molecular weight excluding hydrogens is 254 g/mol. The Morgan fingerprint density at radius 1 is 1.00 bits per heavy atom. The summed E-state index contributed by atoms with van der Waals surface area (Å²) in [5.74, 6) is 0. The predicted molar refractivity (Wildman–Crippen MR) is 80.6 cm³/mol. The van der Waals surface area contributed by atoms with Crippen LogP contribution in [0.4, 0.5) is 0 Å². The van der Waals surface area contributed by atoms with Crippen molar-refractivity contribution in [1.82, 2.24) is 5.32 Å². The number of likely N-dealkylation sites (N-methyl/N-ethyl adjacent to an activating group) is 1. The van der Waals surface area contributed by atoms with Gasteiger partial charge in [0.1, 0.15) is 0 Å². The molecular formula is C16H19NOS. The van der Waals surface area contributed by atoms with Crippen molar-refractivity contribution < 1.29 is 5.11 Å². The molecule has 2 aromatic rings. The Balaban J connectivity index is 1.95. The van der Waals surface area contributed by atoms with E-state index in [-0.39, 0.29) is 6.10 Å². The van der Waals surface area contributed by atoms with Gasteiger partial charge in [0.15, 0.2) is 0 Å². The highest BCUT2D eigenvalue weighted by Gasteiger charge is 2.04. The van der Waals surface area contributed by atoms with Crippen LogP contribution < -0.4 is 5.32 Å². The van der Waals surface area contributed by atoms with Crippen LogP contribution in [0.25, 0.3) is 0 Å². The summed E-state index contributed by atoms with van der Waals surface area (Å²) in [5.41, 5.74) is 1.17. The van der Waals surface area contributed by atoms with E-state index in [1.165, 1.54) is 15.4 Å². The first-order chi connectivity index (χ1) is 9.28. The van der Waals surface area contributed by atoms with Crippen LogP contribution in [0.1, 0.15) is 5.56 Å². The van der Waals surface area contributed by atoms with Crippen molar-refractivity contribution in [2.45, 2.75) is 22.3 Å². The smallest absolute Gasteiger partial charge is 0.0704 e. The minimum absolute atomic E-state index is 0.322. The molecule has 0 saturated heterocycles. The fraction of sp³-hybridized carbons (Fsp3) is 0.250. The SMILES string of the molecule is CNCC(O)Cc1ccc(Sc2ccccc2)cc1. The first-order valence-corrected chi connectivity index (χ1v) is 7.24. The fourth-order valence-electron chi connectivity index (χ4n) is 1.90. The van der Waals surface area contributed by atoms with Gasteiger partial charge in [-0.1, -0.05) is 42.1 Å². The van der Waals surface area contributed by atoms with E-state index in [1.807, 2.05) is 25.2 Å². The van der Waals surface area contributed by atoms with E-state index in [9.17, 15) is 5.11 Å². The van der Waals surface area contributed by atoms with Gasteiger partial charge in [0.2, 0.25) is 0 Å². The van der Waals surface area contributed by atoms with Crippen LogP contribution in [0.2, 0.25) is 0 Å². The van der Waals surface area contributed by atoms with Gasteiger partial charge in [0.25, 0.3) is 0 Å². The molecule has 0 heterocycles. The van der Waals surface area contributed by atoms with Crippen LogP contribution in [0.3, 0.4) is 0 Å². The second-order valence-electron chi connectivity index (χ2n) is 4.47. The molecule has 0 spiro atoms. The number of benzene rings is 2. The maximum atomic E-state index is 9.74. The number of nitrogens with one attached hydrogen (secondary N) is 1. The number of aliphatic hydroxyl groups is 1. The summed E-state index contributed by atoms with van der Waals surface area (Å²) in [6.07, 6.45) is 0.370. The maximum absolute atomic E-state index is 9.74. The summed E-state index contributed by atoms with van der Waals surface area (Å²) in [4.78, 5) is 2.46. The van der Waals surface area contributed by atoms with Gasteiger partial charge in [0.05, 0.1) is 6.10 Å². The van der Waals surface area contributed by atoms with Gasteiger partial charge in [-0.25, -0.2) is 0 Å². The van der Waals surface area contributed by atoms with E-state index in [1.54, 1.807) is 11.8 Å². The molecule has 2 rings (SSSR count). The van der Waals surface area contributed by atoms with Crippen molar-refractivity contribution in [2.75, 3.05) is 13.6 Å². The lowest BCUT2D eigenvalue weighted by molar-refractivity contribution is 0.175. The molecule has 100 valence electrons. The molecule has 0 amide bonds. The molecule has 2 nitrogen and oxygen atoms in total. The van der Waals surface area contributed by atoms with Crippen molar-refractivity contribution in [3.8, 4) is 0 Å². The van der Waals surface area contributed by atoms with Gasteiger partial charge in [-0.15, -0.1) is 0 Å². The molecule has 1 unspecified atom stereocenters. The third-order valence-electron chi connectivity index (χ3n) is 2.81. The highest BCUT2D eigenvalue weighted by Crippen LogP contribution is 2.27. The Morgan fingerprint density at radius 2 is 1.63 bits per heavy atom. The van der Waals surface area contributed by atoms with Gasteiger partial charge in [-0.3, -0.25) is 0 Å². The second kappa shape index (κ2) is 7.34. The first-order valence-electron chi connectivity index (χ1n) is 6.42. The van der Waals surface area contributed by atoms with Crippen molar-refractivity contribution in [1.29, 1.82) is 0 Å². The van der Waals surface area contributed by atoms with Crippen LogP contribution in [0.5, 0.6) is 0 Å². The lowest BCUT2D eigenvalue weighted by Gasteiger charge is -2.10. The molecule has 0 aromatic heterocycles. The normalized spacial score (nSPS) is 12.3. The topological polar surface area (TPSA) is 32.3 Å². The number of hydrogen-bond acceptors (Lipinski definition) is 3. The summed E-state index contributed by atoms with van der Waals surface area (Å²) in [6, 6.07) is 18.7. The maximum Gasteiger partial charge on any atom is 0.0704 e. The predicted octanol–water partition coefficient (Wildman–Crippen LogP) is 2.96. The van der Waals surface area contributed by atoms with Crippen molar-refractivity contribution in [3.63, 3.8) is 0 Å². The minimum atomic E-state index is -0.322. The van der Waals surface area contributed by atoms with Gasteiger partial charge in [-0.2, -0.15) is 0 Å². The van der Waals surface area contributed by atoms with Gasteiger partial charge < -0.3 is 10.4 Å². The van der Waals surface area contributed by atoms with E-state index in [2.05, 4.69) is 41.7 Å². The zero-order chi connectivity index (χ0) is 13.5. The van der Waals surface area contributed by atoms with Gasteiger partial charge >= 0.3 is 0 Å². The average molecular weight is 273 g/mol. The molecule has 1 atom stereocenters. The van der Waals surface area contributed by atoms with Gasteiger partial charge in [-0.05, 0) is 43.3 Å². The Morgan fingerprint density at radius 3 is 2.26 bits per heavy atom. The number of hydrogen-bond donors (Lipinski definition) is 2. The number of rotatable bonds is 6. The van der Waals surface area contributed by atoms with E-state index in [0.29, 0.717) is 13.0 Å². The molecule has 3 heteroatoms. The Labute approximate surface area is 118 Å². The standard InChI is InChI=1S/C16H19NOS/c1-17-12-14(18)11-13-7-9-16(10-8-13)19-15-5-3-2-4-6-15/h2-10,14,17-18H,11-12H2,1H3. The molecule has 19 heavy (non-hydrogen) atoms. The van der Waals surface area contributed by atoms with Crippen molar-refractivity contribution in [2.24, 2.45) is 0 Å². The van der Waals surface area contributed by atoms with Crippen LogP contribution in [-0.2, 0) is 6.42 Å². The second-order valence-corrected chi connectivity index (χ2v) is 5.62. The third-order valence-corrected chi connectivity index (χ3v) is 3.83. The van der Waals surface area contributed by atoms with E-state index in [4.69, 9.17) is 0 Å². The largest absolute Gasteiger partial charge is 0.391 e. The molecule has 0 fully saturated rings. The Kier molecular flexibility index (Phi) is 5.45. The summed E-state index contributed by atoms with van der Waals surface area (Å²) < 4.78 is 0. The molecule has 0 saturated carbocycles. The minimum Gasteiger partial charge on any atom is -0.391 e. The van der Waals surface area contributed by atoms with Crippen molar-refractivity contribution in [3.05, 3.63) is 60.2 Å². The van der Waals surface area contributed by atoms with Crippen LogP contribution >= 0.6 is 11.8 Å². The van der Waals surface area contributed by atoms with Crippen molar-refractivity contribution >= 4 is 11.8 Å². The fourth-order valence-corrected chi connectivity index (χ4v) is 2.74. The van der Waals surface area contributed by atoms with Crippen LogP contribution in [0.15, 0.2) is 64.4 Å². The summed E-state index contributed by atoms with van der Waals surface area (Å²) >= 11 is 1.75. The summed E-state index contributed by atoms with van der Waals surface area (Å²) in [6.45, 7) is 0.626. The lowest BCUT2D eigenvalue weighted by atomic mass is 10.1. The molecule has 0 aliphatic carbocycles. The number of aliphatic hydroxyl groups excluding tert-OH is 1. The summed E-state index contributed by atoms with van der Waals surface area (Å²) in [5, 5.41) is 12.7. The molecule has 0 radical (unpaired) electrons. The molecule has 2 N–H and O–H groups in total. The zero-order valence-corrected chi connectivity index (χ0v) is 11.9. The lowest BCUT2D eigenvalue weighted by Crippen LogP contribution is -2.25. The molecule has 2 aromatic carbocycles. The van der Waals surface area contributed by atoms with E-state index < -0.39 is 0 Å². The highest BCUT2D eigenvalue weighted by atomic mass is 32.2. The quantitative estimate of drug-likeness (QED) is 0.848. The monoisotopic (exact) mass is 273 g/mol. The Bertz CT molecular complexity index is 484. The third kappa shape index (κ3) is 4.71. The molecule has 0 aliphatic heterocycles. The van der Waals surface area contributed by atoms with E-state index >= 15 is 0 Å². The zero-order valence-electron chi connectivity index (χ0n) is 11.0. The highest BCUT2D eigenvalue weighted by molar-refractivity contribution is 7.99. The molecule has 0 bridgehead atoms.